The summed E-state index contributed by atoms with van der Waals surface area (Å²) in [5.74, 6) is -2.30. The van der Waals surface area contributed by atoms with E-state index in [9.17, 15) is 24.3 Å². The number of ether oxygens (including phenoxy) is 3. The lowest BCUT2D eigenvalue weighted by Gasteiger charge is -2.10. The van der Waals surface area contributed by atoms with E-state index in [0.717, 1.165) is 38.5 Å². The Labute approximate surface area is 265 Å². The largest absolute Gasteiger partial charge is 0.481 e. The van der Waals surface area contributed by atoms with Gasteiger partial charge < -0.3 is 29.5 Å². The molecule has 0 saturated carbocycles. The third kappa shape index (κ3) is 39.0. The average Bonchev–Trinajstić information content (AvgIpc) is 3.80. The number of epoxide rings is 1. The van der Waals surface area contributed by atoms with Crippen LogP contribution in [0.15, 0.2) is 36.5 Å². The van der Waals surface area contributed by atoms with Gasteiger partial charge in [-0.25, -0.2) is 14.4 Å². The number of rotatable bonds is 21. The minimum atomic E-state index is -0.935. The molecule has 1 aliphatic heterocycles. The van der Waals surface area contributed by atoms with E-state index >= 15 is 0 Å². The lowest BCUT2D eigenvalue weighted by atomic mass is 10.0. The molecule has 10 nitrogen and oxygen atoms in total. The molecule has 0 aromatic rings. The second-order valence-electron chi connectivity index (χ2n) is 11.0. The molecule has 3 N–H and O–H groups in total. The van der Waals surface area contributed by atoms with Gasteiger partial charge >= 0.3 is 23.9 Å². The van der Waals surface area contributed by atoms with Crippen LogP contribution in [0.25, 0.3) is 0 Å². The molecule has 0 amide bonds. The summed E-state index contributed by atoms with van der Waals surface area (Å²) >= 11 is 0. The number of hydrogen-bond acceptors (Lipinski definition) is 8. The van der Waals surface area contributed by atoms with Crippen molar-refractivity contribution in [1.82, 2.24) is 0 Å². The molecule has 0 radical (unpaired) electrons. The first kappa shape index (κ1) is 45.4. The van der Waals surface area contributed by atoms with E-state index in [1.807, 2.05) is 0 Å². The number of carboxylic acid groups (broad SMARTS) is 2. The van der Waals surface area contributed by atoms with Crippen LogP contribution in [0.1, 0.15) is 124 Å². The Bertz CT molecular complexity index is 818. The Balaban J connectivity index is -0.000000598. The Morgan fingerprint density at radius 3 is 1.48 bits per heavy atom. The van der Waals surface area contributed by atoms with Crippen LogP contribution in [0.4, 0.5) is 0 Å². The van der Waals surface area contributed by atoms with E-state index < -0.39 is 11.9 Å². The van der Waals surface area contributed by atoms with E-state index in [2.05, 4.69) is 31.4 Å². The van der Waals surface area contributed by atoms with Gasteiger partial charge in [-0.15, -0.1) is 0 Å². The van der Waals surface area contributed by atoms with Gasteiger partial charge in [0.1, 0.15) is 12.7 Å². The Kier molecular flexibility index (Phi) is 32.5. The van der Waals surface area contributed by atoms with Crippen molar-refractivity contribution in [1.29, 1.82) is 0 Å². The van der Waals surface area contributed by atoms with Crippen LogP contribution in [0, 0.1) is 0 Å². The second kappa shape index (κ2) is 31.4. The normalized spacial score (nSPS) is 13.2. The van der Waals surface area contributed by atoms with Crippen molar-refractivity contribution < 1.29 is 48.7 Å². The zero-order valence-corrected chi connectivity index (χ0v) is 28.0. The van der Waals surface area contributed by atoms with Crippen LogP contribution in [0.3, 0.4) is 0 Å². The number of aliphatic hydroxyl groups is 1. The number of esters is 2. The predicted octanol–water partition coefficient (Wildman–Crippen LogP) is 7.19. The lowest BCUT2D eigenvalue weighted by Crippen LogP contribution is -2.09. The van der Waals surface area contributed by atoms with Crippen LogP contribution in [0.5, 0.6) is 0 Å². The first-order valence-corrected chi connectivity index (χ1v) is 15.7. The van der Waals surface area contributed by atoms with Crippen molar-refractivity contribution in [3.05, 3.63) is 36.5 Å². The quantitative estimate of drug-likeness (QED) is 0.0513. The van der Waals surface area contributed by atoms with E-state index in [1.165, 1.54) is 65.4 Å². The highest BCUT2D eigenvalue weighted by atomic mass is 16.6. The number of hydrogen-bond donors (Lipinski definition) is 3. The smallest absolute Gasteiger partial charge is 0.333 e. The summed E-state index contributed by atoms with van der Waals surface area (Å²) < 4.78 is 13.9. The van der Waals surface area contributed by atoms with Gasteiger partial charge in [-0.2, -0.15) is 0 Å². The van der Waals surface area contributed by atoms with Gasteiger partial charge in [0.25, 0.3) is 0 Å². The summed E-state index contributed by atoms with van der Waals surface area (Å²) in [4.78, 5) is 40.8. The van der Waals surface area contributed by atoms with Gasteiger partial charge in [0.05, 0.1) is 19.8 Å². The van der Waals surface area contributed by atoms with Crippen molar-refractivity contribution >= 4 is 23.9 Å². The summed E-state index contributed by atoms with van der Waals surface area (Å²) in [6, 6.07) is 0. The molecule has 0 aromatic heterocycles. The van der Waals surface area contributed by atoms with Gasteiger partial charge in [0.15, 0.2) is 0 Å². The number of carbonyl (C=O) groups excluding carboxylic acids is 2. The minimum absolute atomic E-state index is 0.0853. The molecule has 1 fully saturated rings. The molecule has 256 valence electrons. The maximum Gasteiger partial charge on any atom is 0.333 e. The molecule has 0 aliphatic carbocycles. The maximum absolute atomic E-state index is 10.7. The van der Waals surface area contributed by atoms with Gasteiger partial charge in [0, 0.05) is 23.1 Å². The first-order valence-electron chi connectivity index (χ1n) is 15.7. The lowest BCUT2D eigenvalue weighted by molar-refractivity contribution is -0.139. The van der Waals surface area contributed by atoms with Crippen LogP contribution >= 0.6 is 0 Å². The fourth-order valence-electron chi connectivity index (χ4n) is 3.30. The predicted molar refractivity (Wildman–Crippen MR) is 173 cm³/mol. The molecule has 10 heteroatoms. The van der Waals surface area contributed by atoms with E-state index in [-0.39, 0.29) is 29.7 Å². The van der Waals surface area contributed by atoms with E-state index in [4.69, 9.17) is 19.7 Å². The van der Waals surface area contributed by atoms with Crippen molar-refractivity contribution in [3.63, 3.8) is 0 Å². The Hall–Kier alpha value is -2.98. The fourth-order valence-corrected chi connectivity index (χ4v) is 3.30. The third-order valence-corrected chi connectivity index (χ3v) is 6.12. The summed E-state index contributed by atoms with van der Waals surface area (Å²) in [6.45, 7) is 17.9. The Morgan fingerprint density at radius 1 is 0.750 bits per heavy atom. The van der Waals surface area contributed by atoms with Gasteiger partial charge in [-0.05, 0) is 40.0 Å². The number of methoxy groups -OCH3 is 1. The summed E-state index contributed by atoms with van der Waals surface area (Å²) in [7, 11) is 1.33. The van der Waals surface area contributed by atoms with Gasteiger partial charge in [-0.1, -0.05) is 97.3 Å². The highest BCUT2D eigenvalue weighted by Crippen LogP contribution is 2.14. The second-order valence-corrected chi connectivity index (χ2v) is 11.0. The third-order valence-electron chi connectivity index (χ3n) is 6.12. The zero-order chi connectivity index (χ0) is 34.3. The summed E-state index contributed by atoms with van der Waals surface area (Å²) in [5.41, 5.74) is 1.04. The monoisotopic (exact) mass is 628 g/mol. The average molecular weight is 629 g/mol. The van der Waals surface area contributed by atoms with Crippen LogP contribution in [-0.4, -0.2) is 71.7 Å². The first-order chi connectivity index (χ1) is 20.7. The fraction of sp³-hybridized carbons (Fsp3) is 0.706. The topological polar surface area (TPSA) is 160 Å². The molecule has 1 heterocycles. The van der Waals surface area contributed by atoms with Gasteiger partial charge in [-0.3, -0.25) is 4.79 Å². The van der Waals surface area contributed by atoms with Crippen molar-refractivity contribution in [3.8, 4) is 0 Å². The standard InChI is InChI=1S/C18H36O3.C7H10O3.C5H8O2.C4H6O2/c1-2-3-4-11-14-17(19)15-12-9-7-5-6-8-10-13-16-18(20)21;1-5(2)7(8)10-4-6-3-9-6;1-4(2)5(6)7-3;1-3(2)4(5)6/h17,19H,2-16H2,1H3,(H,20,21);6H,1,3-4H2,2H3;1H2,2-3H3;1H2,2H3,(H,5,6). The number of carbonyl (C=O) groups is 4. The van der Waals surface area contributed by atoms with Crippen molar-refractivity contribution in [2.45, 2.75) is 136 Å². The van der Waals surface area contributed by atoms with E-state index in [0.29, 0.717) is 30.8 Å². The number of carboxylic acids is 2. The molecule has 0 aromatic carbocycles. The zero-order valence-electron chi connectivity index (χ0n) is 28.0. The summed E-state index contributed by atoms with van der Waals surface area (Å²) in [5, 5.41) is 26.3. The highest BCUT2D eigenvalue weighted by Gasteiger charge is 2.24. The molecule has 2 atom stereocenters. The SMILES string of the molecule is C=C(C)C(=O)O.C=C(C)C(=O)OC.C=C(C)C(=O)OCC1CO1.CCCCCCC(O)CCCCCCCCCCC(=O)O. The van der Waals surface area contributed by atoms with Crippen LogP contribution in [-0.2, 0) is 33.4 Å². The Morgan fingerprint density at radius 2 is 1.16 bits per heavy atom. The molecular formula is C34H60O10. The van der Waals surface area contributed by atoms with Crippen molar-refractivity contribution in [2.24, 2.45) is 0 Å². The summed E-state index contributed by atoms with van der Waals surface area (Å²) in [6.07, 6.45) is 16.4. The minimum Gasteiger partial charge on any atom is -0.481 e. The van der Waals surface area contributed by atoms with Crippen LogP contribution < -0.4 is 0 Å². The number of unbranched alkanes of at least 4 members (excludes halogenated alkanes) is 10. The van der Waals surface area contributed by atoms with Gasteiger partial charge in [0.2, 0.25) is 0 Å². The van der Waals surface area contributed by atoms with Crippen LogP contribution in [0.2, 0.25) is 0 Å². The molecule has 0 spiro atoms. The molecule has 1 aliphatic rings. The molecule has 2 unspecified atom stereocenters. The van der Waals surface area contributed by atoms with E-state index in [1.54, 1.807) is 13.8 Å². The molecule has 1 saturated heterocycles. The molecule has 1 rings (SSSR count). The number of aliphatic carboxylic acids is 2. The van der Waals surface area contributed by atoms with Crippen molar-refractivity contribution in [2.75, 3.05) is 20.3 Å². The molecule has 0 bridgehead atoms. The number of aliphatic hydroxyl groups excluding tert-OH is 1. The molecule has 44 heavy (non-hydrogen) atoms. The maximum atomic E-state index is 10.7. The highest BCUT2D eigenvalue weighted by molar-refractivity contribution is 5.87. The molecular weight excluding hydrogens is 568 g/mol.